The summed E-state index contributed by atoms with van der Waals surface area (Å²) in [4.78, 5) is 7.53. The van der Waals surface area contributed by atoms with Crippen molar-refractivity contribution in [3.05, 3.63) is 48.3 Å². The van der Waals surface area contributed by atoms with Gasteiger partial charge in [0.2, 0.25) is 0 Å². The molecule has 0 spiro atoms. The van der Waals surface area contributed by atoms with Crippen LogP contribution in [0.25, 0.3) is 17.1 Å². The predicted molar refractivity (Wildman–Crippen MR) is 71.4 cm³/mol. The van der Waals surface area contributed by atoms with Gasteiger partial charge in [-0.25, -0.2) is 4.98 Å². The molecule has 2 aromatic rings. The maximum absolute atomic E-state index is 4.36. The number of nitrogens with zero attached hydrogens (tertiary/aromatic N) is 1. The van der Waals surface area contributed by atoms with Crippen LogP contribution in [0.15, 0.2) is 36.9 Å². The second kappa shape index (κ2) is 5.91. The number of aromatic amines is 1. The number of H-pyrrole nitrogens is 1. The van der Waals surface area contributed by atoms with E-state index in [4.69, 9.17) is 0 Å². The van der Waals surface area contributed by atoms with E-state index in [9.17, 15) is 0 Å². The molecule has 0 unspecified atom stereocenters. The van der Waals surface area contributed by atoms with Gasteiger partial charge in [-0.05, 0) is 26.8 Å². The Kier molecular flexibility index (Phi) is 4.52. The molecule has 0 bridgehead atoms. The van der Waals surface area contributed by atoms with Gasteiger partial charge < -0.3 is 4.98 Å². The summed E-state index contributed by atoms with van der Waals surface area (Å²) < 4.78 is 0. The predicted octanol–water partition coefficient (Wildman–Crippen LogP) is 4.10. The van der Waals surface area contributed by atoms with Crippen LogP contribution in [0.1, 0.15) is 25.2 Å². The van der Waals surface area contributed by atoms with E-state index in [1.54, 1.807) is 0 Å². The van der Waals surface area contributed by atoms with Crippen LogP contribution in [0.2, 0.25) is 0 Å². The first kappa shape index (κ1) is 12.2. The fourth-order valence-electron chi connectivity index (χ4n) is 1.34. The molecule has 0 saturated heterocycles. The van der Waals surface area contributed by atoms with Crippen molar-refractivity contribution in [3.63, 3.8) is 0 Å². The Morgan fingerprint density at radius 3 is 2.50 bits per heavy atom. The highest BCUT2D eigenvalue weighted by Crippen LogP contribution is 2.16. The minimum Gasteiger partial charge on any atom is -0.342 e. The highest BCUT2D eigenvalue weighted by Gasteiger charge is 2.00. The molecule has 0 aliphatic rings. The standard InChI is InChI=1S/C10H10N2.C4H8/c1-3-8-5-4-6-9-10(8)12-7(2)11-9;1-3-4-2/h3-6H,1H2,2H3,(H,11,12);3-4H,1-2H3/b;4-3-. The summed E-state index contributed by atoms with van der Waals surface area (Å²) >= 11 is 0. The number of allylic oxidation sites excluding steroid dienone is 2. The van der Waals surface area contributed by atoms with Crippen LogP contribution < -0.4 is 0 Å². The largest absolute Gasteiger partial charge is 0.342 e. The SMILES string of the molecule is C/C=C\C.C=Cc1cccc2[nH]c(C)nc12. The van der Waals surface area contributed by atoms with Crippen molar-refractivity contribution in [1.29, 1.82) is 0 Å². The van der Waals surface area contributed by atoms with E-state index < -0.39 is 0 Å². The van der Waals surface area contributed by atoms with Gasteiger partial charge in [-0.3, -0.25) is 0 Å². The Morgan fingerprint density at radius 1 is 1.25 bits per heavy atom. The van der Waals surface area contributed by atoms with Gasteiger partial charge in [0.1, 0.15) is 5.82 Å². The molecular weight excluding hydrogens is 196 g/mol. The summed E-state index contributed by atoms with van der Waals surface area (Å²) in [6.45, 7) is 9.69. The second-order valence-electron chi connectivity index (χ2n) is 3.44. The number of aryl methyl sites for hydroxylation is 1. The third-order valence-electron chi connectivity index (χ3n) is 2.22. The summed E-state index contributed by atoms with van der Waals surface area (Å²) in [5, 5.41) is 0. The molecule has 2 heteroatoms. The van der Waals surface area contributed by atoms with E-state index in [0.717, 1.165) is 22.4 Å². The number of benzene rings is 1. The summed E-state index contributed by atoms with van der Waals surface area (Å²) in [7, 11) is 0. The Bertz CT molecular complexity index is 488. The topological polar surface area (TPSA) is 28.7 Å². The molecule has 2 nitrogen and oxygen atoms in total. The molecule has 1 aromatic heterocycles. The molecule has 0 saturated carbocycles. The van der Waals surface area contributed by atoms with Crippen molar-refractivity contribution in [1.82, 2.24) is 9.97 Å². The summed E-state index contributed by atoms with van der Waals surface area (Å²) in [6.07, 6.45) is 5.82. The van der Waals surface area contributed by atoms with Crippen molar-refractivity contribution in [2.45, 2.75) is 20.8 Å². The number of fused-ring (bicyclic) bond motifs is 1. The lowest BCUT2D eigenvalue weighted by Crippen LogP contribution is -1.74. The van der Waals surface area contributed by atoms with Crippen LogP contribution in [-0.2, 0) is 0 Å². The maximum atomic E-state index is 4.36. The fourth-order valence-corrected chi connectivity index (χ4v) is 1.34. The Balaban J connectivity index is 0.000000280. The van der Waals surface area contributed by atoms with Crippen LogP contribution in [0, 0.1) is 6.92 Å². The van der Waals surface area contributed by atoms with E-state index in [1.165, 1.54) is 0 Å². The Labute approximate surface area is 96.7 Å². The molecule has 16 heavy (non-hydrogen) atoms. The third-order valence-corrected chi connectivity index (χ3v) is 2.22. The van der Waals surface area contributed by atoms with Gasteiger partial charge in [0.25, 0.3) is 0 Å². The lowest BCUT2D eigenvalue weighted by atomic mass is 10.2. The molecule has 2 rings (SSSR count). The number of rotatable bonds is 1. The zero-order valence-electron chi connectivity index (χ0n) is 10.1. The fraction of sp³-hybridized carbons (Fsp3) is 0.214. The van der Waals surface area contributed by atoms with Gasteiger partial charge in [0.15, 0.2) is 0 Å². The molecule has 0 aliphatic heterocycles. The van der Waals surface area contributed by atoms with Crippen LogP contribution in [0.4, 0.5) is 0 Å². The quantitative estimate of drug-likeness (QED) is 0.711. The van der Waals surface area contributed by atoms with Gasteiger partial charge in [-0.1, -0.05) is 36.9 Å². The van der Waals surface area contributed by atoms with Gasteiger partial charge in [0, 0.05) is 5.56 Å². The average Bonchev–Trinajstić information content (AvgIpc) is 2.69. The molecule has 84 valence electrons. The number of imidazole rings is 1. The van der Waals surface area contributed by atoms with E-state index in [1.807, 2.05) is 57.2 Å². The molecule has 0 radical (unpaired) electrons. The first-order valence-electron chi connectivity index (χ1n) is 5.38. The number of nitrogens with one attached hydrogen (secondary N) is 1. The first-order valence-corrected chi connectivity index (χ1v) is 5.38. The lowest BCUT2D eigenvalue weighted by Gasteiger charge is -1.91. The van der Waals surface area contributed by atoms with Crippen molar-refractivity contribution in [3.8, 4) is 0 Å². The zero-order valence-corrected chi connectivity index (χ0v) is 10.1. The highest BCUT2D eigenvalue weighted by atomic mass is 14.9. The van der Waals surface area contributed by atoms with E-state index in [-0.39, 0.29) is 0 Å². The minimum absolute atomic E-state index is 0.944. The van der Waals surface area contributed by atoms with E-state index >= 15 is 0 Å². The Hall–Kier alpha value is -1.83. The van der Waals surface area contributed by atoms with Crippen molar-refractivity contribution >= 4 is 17.1 Å². The van der Waals surface area contributed by atoms with E-state index in [0.29, 0.717) is 0 Å². The van der Waals surface area contributed by atoms with E-state index in [2.05, 4.69) is 16.5 Å². The first-order chi connectivity index (χ1) is 7.72. The normalized spacial score (nSPS) is 10.2. The zero-order chi connectivity index (χ0) is 12.0. The molecule has 0 amide bonds. The third kappa shape index (κ3) is 2.83. The molecule has 1 heterocycles. The molecular formula is C14H18N2. The van der Waals surface area contributed by atoms with Gasteiger partial charge in [-0.15, -0.1) is 0 Å². The highest BCUT2D eigenvalue weighted by molar-refractivity contribution is 5.84. The van der Waals surface area contributed by atoms with Crippen LogP contribution in [-0.4, -0.2) is 9.97 Å². The Morgan fingerprint density at radius 2 is 1.94 bits per heavy atom. The number of hydrogen-bond donors (Lipinski definition) is 1. The molecule has 0 aliphatic carbocycles. The number of hydrogen-bond acceptors (Lipinski definition) is 1. The van der Waals surface area contributed by atoms with Crippen molar-refractivity contribution < 1.29 is 0 Å². The van der Waals surface area contributed by atoms with Crippen molar-refractivity contribution in [2.24, 2.45) is 0 Å². The molecule has 0 atom stereocenters. The van der Waals surface area contributed by atoms with Crippen molar-refractivity contribution in [2.75, 3.05) is 0 Å². The van der Waals surface area contributed by atoms with Gasteiger partial charge in [0.05, 0.1) is 11.0 Å². The monoisotopic (exact) mass is 214 g/mol. The number of aromatic nitrogens is 2. The van der Waals surface area contributed by atoms with Crippen LogP contribution in [0.5, 0.6) is 0 Å². The minimum atomic E-state index is 0.944. The summed E-state index contributed by atoms with van der Waals surface area (Å²) in [6, 6.07) is 6.02. The lowest BCUT2D eigenvalue weighted by molar-refractivity contribution is 1.17. The second-order valence-corrected chi connectivity index (χ2v) is 3.44. The molecule has 1 aromatic carbocycles. The summed E-state index contributed by atoms with van der Waals surface area (Å²) in [5.41, 5.74) is 3.16. The average molecular weight is 214 g/mol. The number of para-hydroxylation sites is 1. The molecule has 1 N–H and O–H groups in total. The smallest absolute Gasteiger partial charge is 0.104 e. The summed E-state index contributed by atoms with van der Waals surface area (Å²) in [5.74, 6) is 0.944. The van der Waals surface area contributed by atoms with Gasteiger partial charge >= 0.3 is 0 Å². The van der Waals surface area contributed by atoms with Crippen LogP contribution in [0.3, 0.4) is 0 Å². The van der Waals surface area contributed by atoms with Crippen LogP contribution >= 0.6 is 0 Å². The molecule has 0 fully saturated rings. The maximum Gasteiger partial charge on any atom is 0.104 e. The van der Waals surface area contributed by atoms with Gasteiger partial charge in [-0.2, -0.15) is 0 Å².